The van der Waals surface area contributed by atoms with Crippen LogP contribution >= 0.6 is 0 Å². The minimum atomic E-state index is -1.13. The maximum atomic E-state index is 11.1. The summed E-state index contributed by atoms with van der Waals surface area (Å²) in [6.07, 6.45) is 2.14. The molecule has 1 unspecified atom stereocenters. The van der Waals surface area contributed by atoms with E-state index in [-0.39, 0.29) is 6.03 Å². The predicted molar refractivity (Wildman–Crippen MR) is 40.7 cm³/mol. The molecule has 12 heavy (non-hydrogen) atoms. The van der Waals surface area contributed by atoms with E-state index in [0.29, 0.717) is 5.96 Å². The Morgan fingerprint density at radius 3 is 3.17 bits per heavy atom. The van der Waals surface area contributed by atoms with Crippen LogP contribution in [0.25, 0.3) is 0 Å². The molecule has 0 aromatic heterocycles. The molecule has 2 rings (SSSR count). The largest absolute Gasteiger partial charge is 0.355 e. The molecule has 1 atom stereocenters. The van der Waals surface area contributed by atoms with E-state index in [9.17, 15) is 4.79 Å². The molecule has 0 saturated heterocycles. The Hall–Kier alpha value is -1.56. The van der Waals surface area contributed by atoms with Gasteiger partial charge in [-0.15, -0.1) is 0 Å². The van der Waals surface area contributed by atoms with Gasteiger partial charge in [0.25, 0.3) is 0 Å². The second-order valence-corrected chi connectivity index (χ2v) is 2.53. The summed E-state index contributed by atoms with van der Waals surface area (Å²) >= 11 is 0. The van der Waals surface area contributed by atoms with Crippen molar-refractivity contribution < 1.29 is 9.90 Å². The molecule has 0 aromatic rings. The molecule has 0 aromatic carbocycles. The molecule has 2 N–H and O–H groups in total. The van der Waals surface area contributed by atoms with Gasteiger partial charge in [0.05, 0.1) is 0 Å². The molecule has 0 spiro atoms. The first-order chi connectivity index (χ1) is 5.68. The molecule has 2 aliphatic heterocycles. The van der Waals surface area contributed by atoms with Crippen molar-refractivity contribution in [3.05, 3.63) is 12.4 Å². The van der Waals surface area contributed by atoms with Gasteiger partial charge >= 0.3 is 6.03 Å². The molecule has 0 saturated carbocycles. The summed E-state index contributed by atoms with van der Waals surface area (Å²) in [5.74, 6) is 0.436. The average Bonchev–Trinajstić information content (AvgIpc) is 2.33. The topological polar surface area (TPSA) is 68.2 Å². The summed E-state index contributed by atoms with van der Waals surface area (Å²) in [6, 6.07) is -0.367. The summed E-state index contributed by atoms with van der Waals surface area (Å²) in [6.45, 7) is 0. The number of carbonyl (C=O) groups excluding carboxylic acids is 1. The monoisotopic (exact) mass is 168 g/mol. The van der Waals surface area contributed by atoms with Crippen LogP contribution in [0.15, 0.2) is 17.4 Å². The Balaban J connectivity index is 2.35. The third kappa shape index (κ3) is 0.850. The number of nitrogens with one attached hydrogen (secondary N) is 1. The predicted octanol–water partition coefficient (Wildman–Crippen LogP) is -0.940. The zero-order chi connectivity index (χ0) is 8.72. The van der Waals surface area contributed by atoms with Crippen LogP contribution < -0.4 is 5.32 Å². The fourth-order valence-corrected chi connectivity index (χ4v) is 1.10. The Labute approximate surface area is 68.8 Å². The Morgan fingerprint density at radius 1 is 1.67 bits per heavy atom. The van der Waals surface area contributed by atoms with Gasteiger partial charge in [0, 0.05) is 19.4 Å². The van der Waals surface area contributed by atoms with E-state index >= 15 is 0 Å². The van der Waals surface area contributed by atoms with Crippen molar-refractivity contribution in [2.75, 3.05) is 7.05 Å². The van der Waals surface area contributed by atoms with Gasteiger partial charge in [-0.2, -0.15) is 4.99 Å². The number of fused-ring (bicyclic) bond motifs is 1. The smallest absolute Gasteiger partial charge is 0.331 e. The van der Waals surface area contributed by atoms with E-state index in [4.69, 9.17) is 5.11 Å². The van der Waals surface area contributed by atoms with Gasteiger partial charge in [-0.1, -0.05) is 0 Å². The molecule has 0 aliphatic carbocycles. The van der Waals surface area contributed by atoms with Crippen molar-refractivity contribution in [3.8, 4) is 0 Å². The summed E-state index contributed by atoms with van der Waals surface area (Å²) in [5.41, 5.74) is 0. The fourth-order valence-electron chi connectivity index (χ4n) is 1.10. The number of hydrogen-bond acceptors (Lipinski definition) is 4. The number of guanidine groups is 1. The van der Waals surface area contributed by atoms with Gasteiger partial charge in [0.2, 0.25) is 12.3 Å². The number of aliphatic hydroxyl groups excluding tert-OH is 1. The van der Waals surface area contributed by atoms with E-state index in [1.54, 1.807) is 24.3 Å². The number of aliphatic imine (C=N–C) groups is 1. The van der Waals surface area contributed by atoms with Gasteiger partial charge in [0.1, 0.15) is 0 Å². The molecule has 2 aliphatic rings. The first-order valence-corrected chi connectivity index (χ1v) is 3.45. The van der Waals surface area contributed by atoms with Crippen LogP contribution in [-0.4, -0.2) is 40.3 Å². The van der Waals surface area contributed by atoms with Crippen LogP contribution in [0.1, 0.15) is 0 Å². The second-order valence-electron chi connectivity index (χ2n) is 2.53. The average molecular weight is 168 g/mol. The van der Waals surface area contributed by atoms with Crippen LogP contribution in [-0.2, 0) is 0 Å². The molecular weight excluding hydrogens is 160 g/mol. The van der Waals surface area contributed by atoms with Gasteiger partial charge in [-0.25, -0.2) is 9.69 Å². The van der Waals surface area contributed by atoms with Crippen molar-refractivity contribution in [1.29, 1.82) is 0 Å². The first-order valence-electron chi connectivity index (χ1n) is 3.45. The highest BCUT2D eigenvalue weighted by atomic mass is 16.3. The first kappa shape index (κ1) is 7.11. The van der Waals surface area contributed by atoms with Crippen molar-refractivity contribution in [2.45, 2.75) is 6.35 Å². The van der Waals surface area contributed by atoms with Crippen molar-refractivity contribution in [2.24, 2.45) is 4.99 Å². The third-order valence-electron chi connectivity index (χ3n) is 1.68. The number of hydrogen-bond donors (Lipinski definition) is 2. The number of urea groups is 1. The summed E-state index contributed by atoms with van der Waals surface area (Å²) in [5, 5.41) is 11.3. The van der Waals surface area contributed by atoms with Crippen molar-refractivity contribution in [3.63, 3.8) is 0 Å². The van der Waals surface area contributed by atoms with Crippen LogP contribution in [0.2, 0.25) is 0 Å². The Morgan fingerprint density at radius 2 is 2.42 bits per heavy atom. The highest BCUT2D eigenvalue weighted by Gasteiger charge is 2.30. The highest BCUT2D eigenvalue weighted by molar-refractivity contribution is 6.00. The number of rotatable bonds is 0. The number of nitrogens with zero attached hydrogens (tertiary/aromatic N) is 3. The maximum absolute atomic E-state index is 11.1. The van der Waals surface area contributed by atoms with E-state index in [2.05, 4.69) is 10.3 Å². The van der Waals surface area contributed by atoms with Crippen molar-refractivity contribution in [1.82, 2.24) is 15.1 Å². The molecule has 64 valence electrons. The lowest BCUT2D eigenvalue weighted by Crippen LogP contribution is -2.51. The zero-order valence-electron chi connectivity index (χ0n) is 6.43. The second kappa shape index (κ2) is 2.21. The van der Waals surface area contributed by atoms with Crippen LogP contribution in [0, 0.1) is 0 Å². The number of carbonyl (C=O) groups is 1. The lowest BCUT2D eigenvalue weighted by molar-refractivity contribution is 0.133. The normalized spacial score (nSPS) is 27.0. The molecule has 0 bridgehead atoms. The Bertz CT molecular complexity index is 285. The number of amides is 2. The third-order valence-corrected chi connectivity index (χ3v) is 1.68. The summed E-state index contributed by atoms with van der Waals surface area (Å²) in [7, 11) is 1.75. The fraction of sp³-hybridized carbons (Fsp3) is 0.333. The maximum Gasteiger partial charge on any atom is 0.331 e. The molecule has 0 fully saturated rings. The lowest BCUT2D eigenvalue weighted by atomic mass is 10.6. The molecule has 0 radical (unpaired) electrons. The number of aliphatic hydroxyl groups is 1. The lowest BCUT2D eigenvalue weighted by Gasteiger charge is -2.25. The molecule has 6 nitrogen and oxygen atoms in total. The van der Waals surface area contributed by atoms with Gasteiger partial charge in [-0.05, 0) is 0 Å². The minimum Gasteiger partial charge on any atom is -0.355 e. The van der Waals surface area contributed by atoms with E-state index in [0.717, 1.165) is 0 Å². The Kier molecular flexibility index (Phi) is 1.31. The molecular formula is C6H8N4O2. The summed E-state index contributed by atoms with van der Waals surface area (Å²) in [4.78, 5) is 17.9. The SMILES string of the molecule is CN1C=CN2C(=O)NC(O)N=C12. The molecule has 2 heterocycles. The summed E-state index contributed by atoms with van der Waals surface area (Å²) < 4.78 is 0. The standard InChI is InChI=1S/C6H8N4O2/c1-9-2-3-10-5(9)7-4(11)8-6(10)12/h2-4,11H,1H3,(H,8,12). The van der Waals surface area contributed by atoms with Gasteiger partial charge in [-0.3, -0.25) is 5.32 Å². The van der Waals surface area contributed by atoms with Gasteiger partial charge in [0.15, 0.2) is 0 Å². The van der Waals surface area contributed by atoms with Gasteiger partial charge < -0.3 is 10.0 Å². The molecule has 2 amide bonds. The zero-order valence-corrected chi connectivity index (χ0v) is 6.43. The van der Waals surface area contributed by atoms with E-state index < -0.39 is 6.35 Å². The quantitative estimate of drug-likeness (QED) is 0.490. The van der Waals surface area contributed by atoms with Crippen LogP contribution in [0.5, 0.6) is 0 Å². The molecule has 6 heteroatoms. The van der Waals surface area contributed by atoms with Crippen LogP contribution in [0.3, 0.4) is 0 Å². The van der Waals surface area contributed by atoms with Crippen molar-refractivity contribution >= 4 is 12.0 Å². The van der Waals surface area contributed by atoms with E-state index in [1.165, 1.54) is 4.90 Å². The highest BCUT2D eigenvalue weighted by Crippen LogP contribution is 2.12. The van der Waals surface area contributed by atoms with E-state index in [1.807, 2.05) is 0 Å². The van der Waals surface area contributed by atoms with Crippen LogP contribution in [0.4, 0.5) is 4.79 Å². The minimum absolute atomic E-state index is 0.367.